The van der Waals surface area contributed by atoms with Crippen LogP contribution in [0.4, 0.5) is 0 Å². The molecule has 0 saturated carbocycles. The first kappa shape index (κ1) is 16.9. The van der Waals surface area contributed by atoms with Gasteiger partial charge in [0.2, 0.25) is 0 Å². The number of halogens is 1. The van der Waals surface area contributed by atoms with Gasteiger partial charge >= 0.3 is 0 Å². The molecule has 1 rings (SSSR count). The lowest BCUT2D eigenvalue weighted by molar-refractivity contribution is 0.369. The number of hydrogen-bond acceptors (Lipinski definition) is 2. The van der Waals surface area contributed by atoms with E-state index < -0.39 is 11.0 Å². The quantitative estimate of drug-likeness (QED) is 0.472. The highest BCUT2D eigenvalue weighted by Crippen LogP contribution is 2.17. The first-order valence-electron chi connectivity index (χ1n) is 6.14. The molecule has 0 amide bonds. The van der Waals surface area contributed by atoms with E-state index in [9.17, 15) is 4.21 Å². The van der Waals surface area contributed by atoms with Crippen LogP contribution >= 0.6 is 15.9 Å². The molecule has 1 unspecified atom stereocenters. The summed E-state index contributed by atoms with van der Waals surface area (Å²) in [6, 6.07) is 7.48. The predicted molar refractivity (Wildman–Crippen MR) is 89.0 cm³/mol. The minimum absolute atomic E-state index is 0.318. The van der Waals surface area contributed by atoms with Crippen LogP contribution in [-0.2, 0) is 11.0 Å². The minimum atomic E-state index is -1.28. The van der Waals surface area contributed by atoms with Crippen molar-refractivity contribution in [3.8, 4) is 17.6 Å². The number of hydrogen-bond donors (Lipinski definition) is 0. The molecule has 0 fully saturated rings. The third-order valence-corrected chi connectivity index (χ3v) is 3.85. The predicted octanol–water partition coefficient (Wildman–Crippen LogP) is 3.34. The lowest BCUT2D eigenvalue weighted by Crippen LogP contribution is -2.19. The van der Waals surface area contributed by atoms with Crippen molar-refractivity contribution in [2.24, 2.45) is 4.40 Å². The SMILES string of the molecule is CC(C)(C)S(=O)/N=C/c1ccccc1OCC#CCBr. The molecule has 0 bridgehead atoms. The Hall–Kier alpha value is -1.12. The molecule has 0 aliphatic rings. The molecular weight excluding hydrogens is 338 g/mol. The van der Waals surface area contributed by atoms with Gasteiger partial charge in [0.15, 0.2) is 0 Å². The highest BCUT2D eigenvalue weighted by molar-refractivity contribution is 9.09. The summed E-state index contributed by atoms with van der Waals surface area (Å²) in [4.78, 5) is 0. The smallest absolute Gasteiger partial charge is 0.149 e. The van der Waals surface area contributed by atoms with Crippen molar-refractivity contribution in [3.63, 3.8) is 0 Å². The second-order valence-electron chi connectivity index (χ2n) is 4.91. The third-order valence-electron chi connectivity index (χ3n) is 2.22. The normalized spacial score (nSPS) is 12.8. The number of nitrogens with zero attached hydrogens (tertiary/aromatic N) is 1. The molecule has 3 nitrogen and oxygen atoms in total. The largest absolute Gasteiger partial charge is 0.480 e. The van der Waals surface area contributed by atoms with Gasteiger partial charge in [-0.3, -0.25) is 0 Å². The fourth-order valence-corrected chi connectivity index (χ4v) is 1.92. The summed E-state index contributed by atoms with van der Waals surface area (Å²) in [7, 11) is -1.28. The fourth-order valence-electron chi connectivity index (χ4n) is 1.19. The maximum absolute atomic E-state index is 11.9. The molecule has 0 heterocycles. The Kier molecular flexibility index (Phi) is 6.97. The summed E-state index contributed by atoms with van der Waals surface area (Å²) < 4.78 is 21.2. The van der Waals surface area contributed by atoms with E-state index in [-0.39, 0.29) is 4.75 Å². The van der Waals surface area contributed by atoms with Crippen molar-refractivity contribution < 1.29 is 8.95 Å². The molecule has 0 saturated heterocycles. The number of alkyl halides is 1. The van der Waals surface area contributed by atoms with Crippen LogP contribution in [0.25, 0.3) is 0 Å². The van der Waals surface area contributed by atoms with Crippen LogP contribution in [0.5, 0.6) is 5.75 Å². The molecule has 1 aromatic carbocycles. The first-order chi connectivity index (χ1) is 9.45. The number of ether oxygens (including phenoxy) is 1. The van der Waals surface area contributed by atoms with Crippen molar-refractivity contribution in [2.45, 2.75) is 25.5 Å². The molecule has 0 aliphatic heterocycles. The summed E-state index contributed by atoms with van der Waals surface area (Å²) in [6.45, 7) is 5.98. The number of para-hydroxylation sites is 1. The van der Waals surface area contributed by atoms with Crippen molar-refractivity contribution in [1.82, 2.24) is 0 Å². The van der Waals surface area contributed by atoms with Gasteiger partial charge in [-0.15, -0.1) is 0 Å². The zero-order valence-corrected chi connectivity index (χ0v) is 14.3. The first-order valence-corrected chi connectivity index (χ1v) is 8.37. The summed E-state index contributed by atoms with van der Waals surface area (Å²) in [5, 5.41) is 0.629. The second-order valence-corrected chi connectivity index (χ2v) is 7.40. The van der Waals surface area contributed by atoms with Crippen molar-refractivity contribution in [1.29, 1.82) is 0 Å². The molecule has 0 spiro atoms. The van der Waals surface area contributed by atoms with Gasteiger partial charge in [-0.05, 0) is 32.9 Å². The van der Waals surface area contributed by atoms with Gasteiger partial charge in [0.05, 0.1) is 10.1 Å². The summed E-state index contributed by atoms with van der Waals surface area (Å²) in [5.74, 6) is 6.43. The monoisotopic (exact) mass is 355 g/mol. The van der Waals surface area contributed by atoms with Gasteiger partial charge < -0.3 is 4.74 Å². The summed E-state index contributed by atoms with van der Waals surface area (Å²) in [6.07, 6.45) is 1.59. The number of benzene rings is 1. The summed E-state index contributed by atoms with van der Waals surface area (Å²) in [5.41, 5.74) is 0.797. The van der Waals surface area contributed by atoms with Gasteiger partial charge in [-0.2, -0.15) is 4.40 Å². The maximum Gasteiger partial charge on any atom is 0.149 e. The Balaban J connectivity index is 2.80. The lowest BCUT2D eigenvalue weighted by atomic mass is 10.2. The van der Waals surface area contributed by atoms with Gasteiger partial charge in [-0.25, -0.2) is 4.21 Å². The zero-order chi connectivity index (χ0) is 15.0. The molecule has 0 aromatic heterocycles. The Morgan fingerprint density at radius 3 is 2.70 bits per heavy atom. The highest BCUT2D eigenvalue weighted by Gasteiger charge is 2.18. The molecule has 0 N–H and O–H groups in total. The van der Waals surface area contributed by atoms with Crippen LogP contribution < -0.4 is 4.74 Å². The molecular formula is C15H18BrNO2S. The van der Waals surface area contributed by atoms with Crippen LogP contribution in [0, 0.1) is 11.8 Å². The van der Waals surface area contributed by atoms with E-state index in [4.69, 9.17) is 4.74 Å². The van der Waals surface area contributed by atoms with E-state index in [0.717, 1.165) is 5.56 Å². The van der Waals surface area contributed by atoms with Gasteiger partial charge in [0.1, 0.15) is 23.3 Å². The topological polar surface area (TPSA) is 38.7 Å². The summed E-state index contributed by atoms with van der Waals surface area (Å²) >= 11 is 3.23. The van der Waals surface area contributed by atoms with E-state index >= 15 is 0 Å². The maximum atomic E-state index is 11.9. The van der Waals surface area contributed by atoms with Crippen LogP contribution in [-0.4, -0.2) is 27.1 Å². The average molecular weight is 356 g/mol. The minimum Gasteiger partial charge on any atom is -0.480 e. The second kappa shape index (κ2) is 8.23. The number of rotatable bonds is 4. The van der Waals surface area contributed by atoms with Crippen LogP contribution in [0.3, 0.4) is 0 Å². The molecule has 1 atom stereocenters. The van der Waals surface area contributed by atoms with E-state index in [1.165, 1.54) is 0 Å². The Morgan fingerprint density at radius 2 is 2.05 bits per heavy atom. The van der Waals surface area contributed by atoms with Gasteiger partial charge in [-0.1, -0.05) is 39.9 Å². The van der Waals surface area contributed by atoms with Gasteiger partial charge in [0.25, 0.3) is 0 Å². The molecule has 108 valence electrons. The van der Waals surface area contributed by atoms with Crippen LogP contribution in [0.15, 0.2) is 28.7 Å². The van der Waals surface area contributed by atoms with Crippen LogP contribution in [0.1, 0.15) is 26.3 Å². The van der Waals surface area contributed by atoms with Crippen molar-refractivity contribution in [2.75, 3.05) is 11.9 Å². The van der Waals surface area contributed by atoms with E-state index in [1.807, 2.05) is 45.0 Å². The lowest BCUT2D eigenvalue weighted by Gasteiger charge is -2.13. The Morgan fingerprint density at radius 1 is 1.35 bits per heavy atom. The van der Waals surface area contributed by atoms with Gasteiger partial charge in [0, 0.05) is 11.8 Å². The van der Waals surface area contributed by atoms with E-state index in [1.54, 1.807) is 6.21 Å². The molecule has 0 radical (unpaired) electrons. The standard InChI is InChI=1S/C15H18BrNO2S/c1-15(2,3)20(18)17-12-13-8-4-5-9-14(13)19-11-7-6-10-16/h4-5,8-9,12H,10-11H2,1-3H3/b17-12+. The molecule has 1 aromatic rings. The van der Waals surface area contributed by atoms with Crippen molar-refractivity contribution >= 4 is 33.1 Å². The van der Waals surface area contributed by atoms with E-state index in [0.29, 0.717) is 17.7 Å². The third kappa shape index (κ3) is 5.89. The molecule has 5 heteroatoms. The van der Waals surface area contributed by atoms with Crippen LogP contribution in [0.2, 0.25) is 0 Å². The Labute approximate surface area is 131 Å². The van der Waals surface area contributed by atoms with E-state index in [2.05, 4.69) is 32.2 Å². The average Bonchev–Trinajstić information content (AvgIpc) is 2.41. The highest BCUT2D eigenvalue weighted by atomic mass is 79.9. The zero-order valence-electron chi connectivity index (χ0n) is 11.9. The molecule has 0 aliphatic carbocycles. The van der Waals surface area contributed by atoms with Crippen molar-refractivity contribution in [3.05, 3.63) is 29.8 Å². The Bertz CT molecular complexity index is 553. The fraction of sp³-hybridized carbons (Fsp3) is 0.400. The molecule has 20 heavy (non-hydrogen) atoms.